The van der Waals surface area contributed by atoms with Crippen molar-refractivity contribution in [3.8, 4) is 0 Å². The number of carboxylic acids is 1. The molecule has 1 rings (SSSR count). The summed E-state index contributed by atoms with van der Waals surface area (Å²) in [4.78, 5) is 49.8. The van der Waals surface area contributed by atoms with Crippen molar-refractivity contribution in [2.24, 2.45) is 4.99 Å². The second-order valence-electron chi connectivity index (χ2n) is 7.75. The second kappa shape index (κ2) is 20.4. The molecule has 1 aromatic carbocycles. The molecule has 0 aliphatic carbocycles. The van der Waals surface area contributed by atoms with E-state index in [1.165, 1.54) is 0 Å². The first kappa shape index (κ1) is 31.2. The molecule has 0 aliphatic heterocycles. The van der Waals surface area contributed by atoms with E-state index in [1.54, 1.807) is 24.3 Å². The van der Waals surface area contributed by atoms with E-state index in [0.717, 1.165) is 0 Å². The zero-order chi connectivity index (χ0) is 26.4. The molecule has 0 atom stereocenters. The van der Waals surface area contributed by atoms with Crippen LogP contribution >= 0.6 is 12.2 Å². The van der Waals surface area contributed by atoms with Crippen molar-refractivity contribution >= 4 is 46.5 Å². The summed E-state index contributed by atoms with van der Waals surface area (Å²) in [6.45, 7) is 2.08. The predicted octanol–water partition coefficient (Wildman–Crippen LogP) is 3.15. The maximum absolute atomic E-state index is 12.1. The molecule has 11 heteroatoms. The number of isothiocyanates is 1. The summed E-state index contributed by atoms with van der Waals surface area (Å²) in [6, 6.07) is 6.82. The molecule has 10 nitrogen and oxygen atoms in total. The van der Waals surface area contributed by atoms with Crippen molar-refractivity contribution in [3.05, 3.63) is 29.8 Å². The summed E-state index contributed by atoms with van der Waals surface area (Å²) in [7, 11) is 0. The first-order valence-electron chi connectivity index (χ1n) is 11.9. The summed E-state index contributed by atoms with van der Waals surface area (Å²) in [6.07, 6.45) is 2.27. The summed E-state index contributed by atoms with van der Waals surface area (Å²) in [5.41, 5.74) is 1.25. The van der Waals surface area contributed by atoms with Gasteiger partial charge in [0.05, 0.1) is 43.7 Å². The summed E-state index contributed by atoms with van der Waals surface area (Å²) >= 11 is 4.54. The van der Waals surface area contributed by atoms with Gasteiger partial charge >= 0.3 is 5.97 Å². The third-order valence-electron chi connectivity index (χ3n) is 4.83. The smallest absolute Gasteiger partial charge is 0.305 e. The van der Waals surface area contributed by atoms with Gasteiger partial charge in [-0.3, -0.25) is 19.2 Å². The van der Waals surface area contributed by atoms with Gasteiger partial charge in [0.2, 0.25) is 5.91 Å². The zero-order valence-corrected chi connectivity index (χ0v) is 21.2. The van der Waals surface area contributed by atoms with Gasteiger partial charge in [-0.15, -0.1) is 0 Å². The van der Waals surface area contributed by atoms with Gasteiger partial charge in [0.1, 0.15) is 5.78 Å². The fourth-order valence-electron chi connectivity index (χ4n) is 2.92. The topological polar surface area (TPSA) is 141 Å². The molecule has 0 saturated heterocycles. The monoisotopic (exact) mass is 522 g/mol. The van der Waals surface area contributed by atoms with E-state index in [2.05, 4.69) is 27.7 Å². The molecule has 0 aromatic heterocycles. The highest BCUT2D eigenvalue weighted by molar-refractivity contribution is 7.78. The Kier molecular flexibility index (Phi) is 17.7. The molecule has 0 radical (unpaired) electrons. The number of rotatable bonds is 22. The van der Waals surface area contributed by atoms with Gasteiger partial charge in [0.25, 0.3) is 0 Å². The standard InChI is InChI=1S/C25H34N2O8S/c28-22(3-1-13-34-17-11-25(31)32)9-15-35-18-12-26-24(30)10-16-33-14-2-4-23(29)20-5-7-21(8-6-20)27-19-36/h5-8H,1-4,9-18H2,(H,26,30)(H,31,32). The molecule has 0 heterocycles. The lowest BCUT2D eigenvalue weighted by Gasteiger charge is -2.07. The van der Waals surface area contributed by atoms with Crippen LogP contribution in [0.3, 0.4) is 0 Å². The molecule has 0 bridgehead atoms. The van der Waals surface area contributed by atoms with Gasteiger partial charge < -0.3 is 24.6 Å². The SMILES string of the molecule is O=C(O)CCOCCCC(=O)CCOCCNC(=O)CCOCCCC(=O)c1ccc(N=C=S)cc1. The lowest BCUT2D eigenvalue weighted by Crippen LogP contribution is -2.28. The third-order valence-corrected chi connectivity index (χ3v) is 4.92. The quantitative estimate of drug-likeness (QED) is 0.102. The van der Waals surface area contributed by atoms with Crippen molar-refractivity contribution < 1.29 is 38.5 Å². The average molecular weight is 523 g/mol. The molecule has 0 saturated carbocycles. The molecule has 0 fully saturated rings. The van der Waals surface area contributed by atoms with E-state index in [9.17, 15) is 19.2 Å². The van der Waals surface area contributed by atoms with E-state index in [1.807, 2.05) is 0 Å². The maximum atomic E-state index is 12.1. The number of benzene rings is 1. The molecule has 198 valence electrons. The van der Waals surface area contributed by atoms with E-state index in [4.69, 9.17) is 19.3 Å². The van der Waals surface area contributed by atoms with Gasteiger partial charge in [-0.05, 0) is 49.3 Å². The molecule has 0 unspecified atom stereocenters. The van der Waals surface area contributed by atoms with Crippen molar-refractivity contribution in [2.75, 3.05) is 46.2 Å². The Morgan fingerprint density at radius 3 is 2.08 bits per heavy atom. The number of ketones is 2. The van der Waals surface area contributed by atoms with E-state index in [0.29, 0.717) is 63.3 Å². The molecule has 0 spiro atoms. The fraction of sp³-hybridized carbons (Fsp3) is 0.560. The van der Waals surface area contributed by atoms with E-state index < -0.39 is 5.97 Å². The Labute approximate surface area is 216 Å². The van der Waals surface area contributed by atoms with Crippen LogP contribution < -0.4 is 5.32 Å². The van der Waals surface area contributed by atoms with Crippen LogP contribution in [0.5, 0.6) is 0 Å². The summed E-state index contributed by atoms with van der Waals surface area (Å²) in [5, 5.41) is 13.5. The van der Waals surface area contributed by atoms with Gasteiger partial charge in [-0.1, -0.05) is 0 Å². The number of carboxylic acid groups (broad SMARTS) is 1. The zero-order valence-electron chi connectivity index (χ0n) is 20.4. The number of aliphatic imine (C=N–C) groups is 1. The maximum Gasteiger partial charge on any atom is 0.305 e. The Balaban J connectivity index is 1.93. The summed E-state index contributed by atoms with van der Waals surface area (Å²) in [5.74, 6) is -1.01. The Bertz CT molecular complexity index is 869. The number of nitrogens with one attached hydrogen (secondary N) is 1. The van der Waals surface area contributed by atoms with Gasteiger partial charge in [0, 0.05) is 51.0 Å². The number of hydrogen-bond acceptors (Lipinski definition) is 9. The van der Waals surface area contributed by atoms with Crippen molar-refractivity contribution in [1.29, 1.82) is 0 Å². The van der Waals surface area contributed by atoms with Crippen molar-refractivity contribution in [2.45, 2.75) is 44.9 Å². The number of aliphatic carboxylic acids is 1. The molecule has 1 aromatic rings. The molecular weight excluding hydrogens is 488 g/mol. The normalized spacial score (nSPS) is 10.4. The van der Waals surface area contributed by atoms with Crippen LogP contribution in [0.1, 0.15) is 55.3 Å². The van der Waals surface area contributed by atoms with Crippen LogP contribution in [0.4, 0.5) is 5.69 Å². The van der Waals surface area contributed by atoms with Crippen LogP contribution in [0.15, 0.2) is 29.3 Å². The molecule has 36 heavy (non-hydrogen) atoms. The minimum absolute atomic E-state index is 0.0120. The van der Waals surface area contributed by atoms with Crippen molar-refractivity contribution in [1.82, 2.24) is 5.32 Å². The summed E-state index contributed by atoms with van der Waals surface area (Å²) < 4.78 is 15.9. The first-order chi connectivity index (χ1) is 17.4. The fourth-order valence-corrected chi connectivity index (χ4v) is 3.02. The number of Topliss-reactive ketones (excluding diaryl/α,β-unsaturated/α-hetero) is 2. The number of ether oxygens (including phenoxy) is 3. The number of thiocarbonyl (C=S) groups is 1. The van der Waals surface area contributed by atoms with Crippen LogP contribution in [0, 0.1) is 0 Å². The number of carbonyl (C=O) groups is 4. The van der Waals surface area contributed by atoms with Crippen LogP contribution in [0.2, 0.25) is 0 Å². The number of nitrogens with zero attached hydrogens (tertiary/aromatic N) is 1. The lowest BCUT2D eigenvalue weighted by atomic mass is 10.1. The number of carbonyl (C=O) groups excluding carboxylic acids is 3. The van der Waals surface area contributed by atoms with Gasteiger partial charge in [-0.2, -0.15) is 4.99 Å². The lowest BCUT2D eigenvalue weighted by molar-refractivity contribution is -0.138. The largest absolute Gasteiger partial charge is 0.481 e. The minimum Gasteiger partial charge on any atom is -0.481 e. The second-order valence-corrected chi connectivity index (χ2v) is 7.93. The highest BCUT2D eigenvalue weighted by atomic mass is 32.1. The average Bonchev–Trinajstić information content (AvgIpc) is 2.85. The van der Waals surface area contributed by atoms with Gasteiger partial charge in [-0.25, -0.2) is 0 Å². The van der Waals surface area contributed by atoms with E-state index in [-0.39, 0.29) is 56.6 Å². The number of amides is 1. The Morgan fingerprint density at radius 1 is 0.806 bits per heavy atom. The van der Waals surface area contributed by atoms with Crippen LogP contribution in [-0.4, -0.2) is 79.9 Å². The van der Waals surface area contributed by atoms with Crippen molar-refractivity contribution in [3.63, 3.8) is 0 Å². The molecule has 2 N–H and O–H groups in total. The molecule has 1 amide bonds. The highest BCUT2D eigenvalue weighted by Gasteiger charge is 2.07. The van der Waals surface area contributed by atoms with Crippen LogP contribution in [0.25, 0.3) is 0 Å². The Hall–Kier alpha value is -2.82. The molecule has 0 aliphatic rings. The van der Waals surface area contributed by atoms with Gasteiger partial charge in [0.15, 0.2) is 5.78 Å². The molecular formula is C25H34N2O8S. The van der Waals surface area contributed by atoms with E-state index >= 15 is 0 Å². The first-order valence-corrected chi connectivity index (χ1v) is 12.3. The number of hydrogen-bond donors (Lipinski definition) is 2. The highest BCUT2D eigenvalue weighted by Crippen LogP contribution is 2.14. The predicted molar refractivity (Wildman–Crippen MR) is 136 cm³/mol. The minimum atomic E-state index is -0.911. The third kappa shape index (κ3) is 16.7. The van der Waals surface area contributed by atoms with Crippen LogP contribution in [-0.2, 0) is 28.6 Å². The Morgan fingerprint density at radius 2 is 1.42 bits per heavy atom.